The van der Waals surface area contributed by atoms with Crippen LogP contribution in [-0.2, 0) is 0 Å². The first kappa shape index (κ1) is 13.6. The van der Waals surface area contributed by atoms with Gasteiger partial charge >= 0.3 is 0 Å². The minimum Gasteiger partial charge on any atom is -0.0836 e. The van der Waals surface area contributed by atoms with Gasteiger partial charge in [-0.15, -0.1) is 0 Å². The average Bonchev–Trinajstić information content (AvgIpc) is 2.83. The molecule has 0 N–H and O–H groups in total. The highest BCUT2D eigenvalue weighted by Crippen LogP contribution is 2.62. The Morgan fingerprint density at radius 1 is 1.14 bits per heavy atom. The average molecular weight is 280 g/mol. The van der Waals surface area contributed by atoms with Gasteiger partial charge < -0.3 is 0 Å². The molecule has 0 bridgehead atoms. The molecular formula is C21H28. The summed E-state index contributed by atoms with van der Waals surface area (Å²) in [4.78, 5) is 0. The fraction of sp³-hybridized carbons (Fsp3) is 0.619. The molecular weight excluding hydrogens is 252 g/mol. The number of hydrogen-bond acceptors (Lipinski definition) is 0. The van der Waals surface area contributed by atoms with Crippen LogP contribution < -0.4 is 0 Å². The Labute approximate surface area is 129 Å². The van der Waals surface area contributed by atoms with E-state index in [1.54, 1.807) is 11.1 Å². The Morgan fingerprint density at radius 2 is 2.00 bits per heavy atom. The second kappa shape index (κ2) is 4.48. The zero-order valence-electron chi connectivity index (χ0n) is 13.8. The molecule has 0 heteroatoms. The van der Waals surface area contributed by atoms with Crippen molar-refractivity contribution in [1.29, 1.82) is 0 Å². The fourth-order valence-corrected chi connectivity index (χ4v) is 5.90. The lowest BCUT2D eigenvalue weighted by molar-refractivity contribution is 0.167. The number of fused-ring (bicyclic) bond motifs is 4. The SMILES string of the molecule is CC[C@H]1CCC2=C3C=CC4=CC=CC[C@]4(C)[C@H]3CC[C@@]21C. The monoisotopic (exact) mass is 280 g/mol. The Bertz CT molecular complexity index is 585. The normalized spacial score (nSPS) is 44.2. The van der Waals surface area contributed by atoms with Gasteiger partial charge in [0.05, 0.1) is 0 Å². The molecule has 0 radical (unpaired) electrons. The van der Waals surface area contributed by atoms with Crippen LogP contribution in [0.5, 0.6) is 0 Å². The summed E-state index contributed by atoms with van der Waals surface area (Å²) < 4.78 is 0. The van der Waals surface area contributed by atoms with Crippen LogP contribution in [0.3, 0.4) is 0 Å². The van der Waals surface area contributed by atoms with E-state index >= 15 is 0 Å². The molecule has 1 saturated carbocycles. The van der Waals surface area contributed by atoms with Gasteiger partial charge in [-0.2, -0.15) is 0 Å². The fourth-order valence-electron chi connectivity index (χ4n) is 5.90. The third kappa shape index (κ3) is 1.68. The van der Waals surface area contributed by atoms with E-state index in [0.29, 0.717) is 10.8 Å². The van der Waals surface area contributed by atoms with Gasteiger partial charge in [0.25, 0.3) is 0 Å². The van der Waals surface area contributed by atoms with E-state index in [2.05, 4.69) is 51.2 Å². The molecule has 0 aliphatic heterocycles. The van der Waals surface area contributed by atoms with Crippen molar-refractivity contribution in [3.05, 3.63) is 47.1 Å². The van der Waals surface area contributed by atoms with E-state index in [4.69, 9.17) is 0 Å². The summed E-state index contributed by atoms with van der Waals surface area (Å²) in [6.07, 6.45) is 20.0. The number of hydrogen-bond donors (Lipinski definition) is 0. The van der Waals surface area contributed by atoms with E-state index in [1.807, 2.05) is 5.57 Å². The maximum absolute atomic E-state index is 2.56. The molecule has 21 heavy (non-hydrogen) atoms. The number of allylic oxidation sites excluding steroid dienone is 8. The van der Waals surface area contributed by atoms with Gasteiger partial charge in [0.1, 0.15) is 0 Å². The molecule has 4 atom stereocenters. The van der Waals surface area contributed by atoms with Crippen molar-refractivity contribution in [2.24, 2.45) is 22.7 Å². The molecule has 0 spiro atoms. The van der Waals surface area contributed by atoms with Crippen molar-refractivity contribution in [3.63, 3.8) is 0 Å². The van der Waals surface area contributed by atoms with Crippen molar-refractivity contribution in [1.82, 2.24) is 0 Å². The summed E-state index contributed by atoms with van der Waals surface area (Å²) in [5.74, 6) is 1.68. The highest BCUT2D eigenvalue weighted by atomic mass is 14.5. The minimum absolute atomic E-state index is 0.359. The van der Waals surface area contributed by atoms with Crippen LogP contribution >= 0.6 is 0 Å². The second-order valence-electron chi connectivity index (χ2n) is 8.09. The van der Waals surface area contributed by atoms with Crippen molar-refractivity contribution >= 4 is 0 Å². The standard InChI is InChI=1S/C21H28/c1-4-15-9-11-18-17-10-8-16-7-5-6-13-20(16,2)19(17)12-14-21(15,18)3/h5-8,10,15,19H,4,9,11-14H2,1-3H3/t15-,19-,20-,21+/m0/s1. The highest BCUT2D eigenvalue weighted by Gasteiger charge is 2.51. The molecule has 0 heterocycles. The Balaban J connectivity index is 1.84. The molecule has 4 aliphatic rings. The third-order valence-corrected chi connectivity index (χ3v) is 7.33. The predicted octanol–water partition coefficient (Wildman–Crippen LogP) is 5.98. The summed E-state index contributed by atoms with van der Waals surface area (Å²) in [6.45, 7) is 7.46. The van der Waals surface area contributed by atoms with Crippen LogP contribution in [0.4, 0.5) is 0 Å². The summed E-state index contributed by atoms with van der Waals surface area (Å²) in [6, 6.07) is 0. The Hall–Kier alpha value is -1.04. The van der Waals surface area contributed by atoms with E-state index < -0.39 is 0 Å². The highest BCUT2D eigenvalue weighted by molar-refractivity contribution is 5.50. The lowest BCUT2D eigenvalue weighted by Crippen LogP contribution is -2.39. The summed E-state index contributed by atoms with van der Waals surface area (Å²) in [5.41, 5.74) is 5.99. The molecule has 112 valence electrons. The van der Waals surface area contributed by atoms with Gasteiger partial charge in [-0.3, -0.25) is 0 Å². The summed E-state index contributed by atoms with van der Waals surface area (Å²) in [7, 11) is 0. The van der Waals surface area contributed by atoms with Crippen LogP contribution in [-0.4, -0.2) is 0 Å². The third-order valence-electron chi connectivity index (χ3n) is 7.33. The topological polar surface area (TPSA) is 0 Å². The zero-order chi connectivity index (χ0) is 14.7. The summed E-state index contributed by atoms with van der Waals surface area (Å²) in [5, 5.41) is 0. The van der Waals surface area contributed by atoms with Crippen LogP contribution in [0.2, 0.25) is 0 Å². The zero-order valence-corrected chi connectivity index (χ0v) is 13.8. The van der Waals surface area contributed by atoms with Crippen LogP contribution in [0, 0.1) is 22.7 Å². The molecule has 4 aliphatic carbocycles. The molecule has 0 aromatic heterocycles. The molecule has 0 aromatic carbocycles. The lowest BCUT2D eigenvalue weighted by Gasteiger charge is -2.50. The van der Waals surface area contributed by atoms with Crippen LogP contribution in [0.1, 0.15) is 59.3 Å². The molecule has 0 amide bonds. The molecule has 4 rings (SSSR count). The van der Waals surface area contributed by atoms with E-state index in [0.717, 1.165) is 11.8 Å². The van der Waals surface area contributed by atoms with Gasteiger partial charge in [-0.1, -0.05) is 63.1 Å². The number of rotatable bonds is 1. The maximum Gasteiger partial charge on any atom is 0.00279 e. The molecule has 0 unspecified atom stereocenters. The van der Waals surface area contributed by atoms with Gasteiger partial charge in [-0.25, -0.2) is 0 Å². The van der Waals surface area contributed by atoms with Crippen molar-refractivity contribution in [2.45, 2.75) is 59.3 Å². The smallest absolute Gasteiger partial charge is 0.00279 e. The van der Waals surface area contributed by atoms with Crippen LogP contribution in [0.25, 0.3) is 0 Å². The first-order chi connectivity index (χ1) is 10.1. The molecule has 0 aromatic rings. The van der Waals surface area contributed by atoms with Crippen LogP contribution in [0.15, 0.2) is 47.1 Å². The molecule has 0 saturated heterocycles. The molecule has 0 nitrogen and oxygen atoms in total. The van der Waals surface area contributed by atoms with Gasteiger partial charge in [0, 0.05) is 5.41 Å². The van der Waals surface area contributed by atoms with Gasteiger partial charge in [0.2, 0.25) is 0 Å². The van der Waals surface area contributed by atoms with Gasteiger partial charge in [-0.05, 0) is 60.5 Å². The van der Waals surface area contributed by atoms with Crippen molar-refractivity contribution in [3.8, 4) is 0 Å². The molecule has 1 fully saturated rings. The van der Waals surface area contributed by atoms with Crippen molar-refractivity contribution < 1.29 is 0 Å². The van der Waals surface area contributed by atoms with E-state index in [1.165, 1.54) is 38.5 Å². The summed E-state index contributed by atoms with van der Waals surface area (Å²) >= 11 is 0. The largest absolute Gasteiger partial charge is 0.0836 e. The maximum atomic E-state index is 2.56. The first-order valence-electron chi connectivity index (χ1n) is 8.88. The van der Waals surface area contributed by atoms with Gasteiger partial charge in [0.15, 0.2) is 0 Å². The quantitative estimate of drug-likeness (QED) is 0.554. The van der Waals surface area contributed by atoms with E-state index in [-0.39, 0.29) is 0 Å². The lowest BCUT2D eigenvalue weighted by atomic mass is 9.54. The second-order valence-corrected chi connectivity index (χ2v) is 8.09. The Kier molecular flexibility index (Phi) is 2.90. The minimum atomic E-state index is 0.359. The van der Waals surface area contributed by atoms with Crippen molar-refractivity contribution in [2.75, 3.05) is 0 Å². The Morgan fingerprint density at radius 3 is 2.81 bits per heavy atom. The first-order valence-corrected chi connectivity index (χ1v) is 8.88. The predicted molar refractivity (Wildman–Crippen MR) is 90.0 cm³/mol. The van der Waals surface area contributed by atoms with E-state index in [9.17, 15) is 0 Å².